The van der Waals surface area contributed by atoms with Crippen LogP contribution in [0.15, 0.2) is 58.3 Å². The van der Waals surface area contributed by atoms with Gasteiger partial charge in [0.1, 0.15) is 17.4 Å². The van der Waals surface area contributed by atoms with Crippen LogP contribution in [0, 0.1) is 5.82 Å². The summed E-state index contributed by atoms with van der Waals surface area (Å²) in [5, 5.41) is 5.00. The van der Waals surface area contributed by atoms with Gasteiger partial charge in [-0.3, -0.25) is 5.43 Å². The third-order valence-corrected chi connectivity index (χ3v) is 3.72. The van der Waals surface area contributed by atoms with Crippen molar-refractivity contribution in [2.24, 2.45) is 5.10 Å². The molecule has 0 saturated carbocycles. The lowest BCUT2D eigenvalue weighted by molar-refractivity contribution is 0.386. The zero-order chi connectivity index (χ0) is 17.2. The molecular formula is C18H13FN4O2. The number of furan rings is 1. The van der Waals surface area contributed by atoms with E-state index in [4.69, 9.17) is 9.15 Å². The molecule has 0 amide bonds. The second-order valence-electron chi connectivity index (χ2n) is 5.26. The summed E-state index contributed by atoms with van der Waals surface area (Å²) in [6, 6.07) is 12.2. The average Bonchev–Trinajstić information content (AvgIpc) is 3.02. The molecule has 0 aliphatic rings. The van der Waals surface area contributed by atoms with Gasteiger partial charge in [0.25, 0.3) is 0 Å². The molecule has 4 rings (SSSR count). The zero-order valence-electron chi connectivity index (χ0n) is 13.2. The molecule has 0 atom stereocenters. The van der Waals surface area contributed by atoms with Crippen LogP contribution in [0.5, 0.6) is 5.75 Å². The van der Waals surface area contributed by atoms with Gasteiger partial charge in [0.05, 0.1) is 13.3 Å². The van der Waals surface area contributed by atoms with Gasteiger partial charge in [-0.25, -0.2) is 14.4 Å². The first kappa shape index (κ1) is 15.1. The minimum atomic E-state index is -0.451. The highest BCUT2D eigenvalue weighted by atomic mass is 19.1. The van der Waals surface area contributed by atoms with Crippen molar-refractivity contribution in [2.75, 3.05) is 12.5 Å². The normalized spacial score (nSPS) is 11.4. The molecule has 2 aromatic carbocycles. The number of fused-ring (bicyclic) bond motifs is 3. The van der Waals surface area contributed by atoms with E-state index in [1.54, 1.807) is 12.1 Å². The number of ether oxygens (including phenoxy) is 1. The molecule has 25 heavy (non-hydrogen) atoms. The predicted octanol–water partition coefficient (Wildman–Crippen LogP) is 3.97. The molecule has 0 fully saturated rings. The number of hydrogen-bond acceptors (Lipinski definition) is 6. The molecule has 7 heteroatoms. The number of aromatic nitrogens is 2. The molecule has 0 aliphatic heterocycles. The van der Waals surface area contributed by atoms with E-state index in [-0.39, 0.29) is 5.75 Å². The first-order valence-corrected chi connectivity index (χ1v) is 7.51. The Kier molecular flexibility index (Phi) is 3.74. The minimum Gasteiger partial charge on any atom is -0.494 e. The van der Waals surface area contributed by atoms with Crippen LogP contribution in [0.2, 0.25) is 0 Å². The van der Waals surface area contributed by atoms with Gasteiger partial charge in [-0.05, 0) is 35.9 Å². The van der Waals surface area contributed by atoms with Crippen molar-refractivity contribution in [2.45, 2.75) is 0 Å². The van der Waals surface area contributed by atoms with Crippen molar-refractivity contribution in [1.82, 2.24) is 9.97 Å². The van der Waals surface area contributed by atoms with Crippen LogP contribution in [-0.2, 0) is 0 Å². The summed E-state index contributed by atoms with van der Waals surface area (Å²) >= 11 is 0. The topological polar surface area (TPSA) is 72.5 Å². The summed E-state index contributed by atoms with van der Waals surface area (Å²) < 4.78 is 24.4. The van der Waals surface area contributed by atoms with Crippen LogP contribution < -0.4 is 10.2 Å². The summed E-state index contributed by atoms with van der Waals surface area (Å²) in [5.41, 5.74) is 5.35. The van der Waals surface area contributed by atoms with Gasteiger partial charge < -0.3 is 9.15 Å². The third kappa shape index (κ3) is 2.76. The smallest absolute Gasteiger partial charge is 0.197 e. The van der Waals surface area contributed by atoms with E-state index in [0.717, 1.165) is 11.0 Å². The second kappa shape index (κ2) is 6.20. The summed E-state index contributed by atoms with van der Waals surface area (Å²) in [4.78, 5) is 8.42. The maximum absolute atomic E-state index is 13.7. The lowest BCUT2D eigenvalue weighted by Crippen LogP contribution is -1.95. The Labute approximate surface area is 142 Å². The fourth-order valence-corrected chi connectivity index (χ4v) is 2.53. The number of nitrogens with one attached hydrogen (secondary N) is 1. The Morgan fingerprint density at radius 2 is 2.08 bits per heavy atom. The maximum atomic E-state index is 13.7. The van der Waals surface area contributed by atoms with Gasteiger partial charge >= 0.3 is 0 Å². The second-order valence-corrected chi connectivity index (χ2v) is 5.26. The number of hydrazone groups is 1. The number of benzene rings is 2. The lowest BCUT2D eigenvalue weighted by atomic mass is 10.2. The summed E-state index contributed by atoms with van der Waals surface area (Å²) in [6.45, 7) is 0. The largest absolute Gasteiger partial charge is 0.494 e. The first-order valence-electron chi connectivity index (χ1n) is 7.51. The predicted molar refractivity (Wildman–Crippen MR) is 93.5 cm³/mol. The van der Waals surface area contributed by atoms with Gasteiger partial charge in [0.2, 0.25) is 0 Å². The SMILES string of the molecule is COc1ccc(/C=N\Nc2ncnc3c2oc2ccccc23)cc1F. The minimum absolute atomic E-state index is 0.185. The van der Waals surface area contributed by atoms with Crippen LogP contribution >= 0.6 is 0 Å². The molecule has 2 aromatic heterocycles. The van der Waals surface area contributed by atoms with Crippen molar-refractivity contribution >= 4 is 34.1 Å². The van der Waals surface area contributed by atoms with Crippen molar-refractivity contribution in [1.29, 1.82) is 0 Å². The highest BCUT2D eigenvalue weighted by molar-refractivity contribution is 6.05. The molecule has 0 aliphatic carbocycles. The zero-order valence-corrected chi connectivity index (χ0v) is 13.2. The molecule has 6 nitrogen and oxygen atoms in total. The number of rotatable bonds is 4. The fourth-order valence-electron chi connectivity index (χ4n) is 2.53. The van der Waals surface area contributed by atoms with Crippen molar-refractivity contribution < 1.29 is 13.5 Å². The van der Waals surface area contributed by atoms with E-state index in [2.05, 4.69) is 20.5 Å². The van der Waals surface area contributed by atoms with Gasteiger partial charge in [-0.1, -0.05) is 12.1 Å². The average molecular weight is 336 g/mol. The monoisotopic (exact) mass is 336 g/mol. The number of halogens is 1. The van der Waals surface area contributed by atoms with Crippen LogP contribution in [0.25, 0.3) is 22.1 Å². The number of hydrogen-bond donors (Lipinski definition) is 1. The van der Waals surface area contributed by atoms with Gasteiger partial charge in [0.15, 0.2) is 23.0 Å². The van der Waals surface area contributed by atoms with Gasteiger partial charge in [-0.2, -0.15) is 5.10 Å². The fraction of sp³-hybridized carbons (Fsp3) is 0.0556. The standard InChI is InChI=1S/C18H13FN4O2/c1-24-15-7-6-11(8-13(15)19)9-22-23-18-17-16(20-10-21-18)12-4-2-3-5-14(12)25-17/h2-10H,1H3,(H,20,21,23)/b22-9-. The molecule has 0 saturated heterocycles. The Morgan fingerprint density at radius 1 is 1.20 bits per heavy atom. The summed E-state index contributed by atoms with van der Waals surface area (Å²) in [7, 11) is 1.42. The van der Waals surface area contributed by atoms with E-state index in [9.17, 15) is 4.39 Å². The molecule has 2 heterocycles. The summed E-state index contributed by atoms with van der Waals surface area (Å²) in [5.74, 6) is 0.171. The Morgan fingerprint density at radius 3 is 2.92 bits per heavy atom. The molecule has 0 unspecified atom stereocenters. The lowest BCUT2D eigenvalue weighted by Gasteiger charge is -2.02. The quantitative estimate of drug-likeness (QED) is 0.451. The van der Waals surface area contributed by atoms with Crippen LogP contribution in [-0.4, -0.2) is 23.3 Å². The molecule has 1 N–H and O–H groups in total. The molecule has 0 radical (unpaired) electrons. The molecule has 0 bridgehead atoms. The van der Waals surface area contributed by atoms with E-state index in [0.29, 0.717) is 22.5 Å². The van der Waals surface area contributed by atoms with Crippen molar-refractivity contribution in [3.63, 3.8) is 0 Å². The molecule has 124 valence electrons. The number of methoxy groups -OCH3 is 1. The van der Waals surface area contributed by atoms with Crippen LogP contribution in [0.3, 0.4) is 0 Å². The Balaban J connectivity index is 1.63. The molecule has 4 aromatic rings. The molecule has 0 spiro atoms. The van der Waals surface area contributed by atoms with Gasteiger partial charge in [0, 0.05) is 5.39 Å². The van der Waals surface area contributed by atoms with Crippen LogP contribution in [0.1, 0.15) is 5.56 Å². The van der Waals surface area contributed by atoms with E-state index < -0.39 is 5.82 Å². The van der Waals surface area contributed by atoms with Crippen molar-refractivity contribution in [3.05, 3.63) is 60.2 Å². The number of anilines is 1. The van der Waals surface area contributed by atoms with Crippen LogP contribution in [0.4, 0.5) is 10.2 Å². The van der Waals surface area contributed by atoms with Gasteiger partial charge in [-0.15, -0.1) is 0 Å². The van der Waals surface area contributed by atoms with E-state index >= 15 is 0 Å². The Hall–Kier alpha value is -3.48. The maximum Gasteiger partial charge on any atom is 0.197 e. The van der Waals surface area contributed by atoms with E-state index in [1.807, 2.05) is 24.3 Å². The highest BCUT2D eigenvalue weighted by Gasteiger charge is 2.12. The van der Waals surface area contributed by atoms with E-state index in [1.165, 1.54) is 25.7 Å². The Bertz CT molecular complexity index is 1090. The number of nitrogens with zero attached hydrogens (tertiary/aromatic N) is 3. The number of para-hydroxylation sites is 1. The highest BCUT2D eigenvalue weighted by Crippen LogP contribution is 2.30. The third-order valence-electron chi connectivity index (χ3n) is 3.72. The molecular weight excluding hydrogens is 323 g/mol. The van der Waals surface area contributed by atoms with Crippen molar-refractivity contribution in [3.8, 4) is 5.75 Å². The summed E-state index contributed by atoms with van der Waals surface area (Å²) in [6.07, 6.45) is 2.92. The first-order chi connectivity index (χ1) is 12.3.